The van der Waals surface area contributed by atoms with E-state index >= 15 is 0 Å². The third-order valence-corrected chi connectivity index (χ3v) is 5.73. The quantitative estimate of drug-likeness (QED) is 0.549. The van der Waals surface area contributed by atoms with E-state index in [0.29, 0.717) is 35.4 Å². The van der Waals surface area contributed by atoms with Gasteiger partial charge in [-0.15, -0.1) is 0 Å². The Morgan fingerprint density at radius 3 is 2.42 bits per heavy atom. The molecule has 33 heavy (non-hydrogen) atoms. The van der Waals surface area contributed by atoms with E-state index in [1.165, 1.54) is 14.2 Å². The predicted molar refractivity (Wildman–Crippen MR) is 126 cm³/mol. The fraction of sp³-hybridized carbons (Fsp3) is 0.250. The Kier molecular flexibility index (Phi) is 6.86. The van der Waals surface area contributed by atoms with Crippen LogP contribution in [-0.2, 0) is 9.47 Å². The zero-order valence-corrected chi connectivity index (χ0v) is 19.1. The summed E-state index contributed by atoms with van der Waals surface area (Å²) in [4.78, 5) is 27.7. The summed E-state index contributed by atoms with van der Waals surface area (Å²) >= 11 is 6.46. The van der Waals surface area contributed by atoms with Crippen LogP contribution in [0.15, 0.2) is 54.9 Å². The summed E-state index contributed by atoms with van der Waals surface area (Å²) in [7, 11) is 2.79. The molecule has 1 amide bonds. The number of aromatic nitrogens is 1. The fourth-order valence-electron chi connectivity index (χ4n) is 3.71. The van der Waals surface area contributed by atoms with Gasteiger partial charge in [0.15, 0.2) is 0 Å². The molecule has 9 heteroatoms. The van der Waals surface area contributed by atoms with Crippen molar-refractivity contribution < 1.29 is 23.8 Å². The molecule has 1 aromatic heterocycles. The number of benzene rings is 2. The second kappa shape index (κ2) is 9.97. The van der Waals surface area contributed by atoms with Crippen LogP contribution in [0.3, 0.4) is 0 Å². The predicted octanol–water partition coefficient (Wildman–Crippen LogP) is 4.01. The molecule has 0 spiro atoms. The first-order valence-electron chi connectivity index (χ1n) is 10.4. The molecule has 0 aliphatic carbocycles. The molecule has 1 fully saturated rings. The molecule has 172 valence electrons. The number of methoxy groups -OCH3 is 2. The van der Waals surface area contributed by atoms with Crippen LogP contribution in [0.4, 0.5) is 11.4 Å². The molecular weight excluding hydrogens is 446 g/mol. The van der Waals surface area contributed by atoms with Crippen molar-refractivity contribution in [3.8, 4) is 11.4 Å². The average molecular weight is 470 g/mol. The highest BCUT2D eigenvalue weighted by atomic mass is 35.5. The number of amides is 1. The van der Waals surface area contributed by atoms with Crippen molar-refractivity contribution in [2.24, 2.45) is 0 Å². The summed E-state index contributed by atoms with van der Waals surface area (Å²) in [5.41, 5.74) is 2.36. The molecule has 2 aromatic carbocycles. The van der Waals surface area contributed by atoms with Gasteiger partial charge in [-0.25, -0.2) is 4.79 Å². The maximum Gasteiger partial charge on any atom is 0.340 e. The Balaban J connectivity index is 1.65. The Bertz CT molecular complexity index is 1160. The van der Waals surface area contributed by atoms with Gasteiger partial charge in [-0.1, -0.05) is 11.6 Å². The third-order valence-electron chi connectivity index (χ3n) is 5.43. The van der Waals surface area contributed by atoms with E-state index in [-0.39, 0.29) is 11.1 Å². The van der Waals surface area contributed by atoms with Crippen molar-refractivity contribution in [2.45, 2.75) is 0 Å². The molecule has 4 rings (SSSR count). The number of morpholine rings is 1. The molecule has 1 aliphatic heterocycles. The van der Waals surface area contributed by atoms with Crippen molar-refractivity contribution in [1.29, 1.82) is 0 Å². The summed E-state index contributed by atoms with van der Waals surface area (Å²) in [6.07, 6.45) is 3.69. The number of carbonyl (C=O) groups is 2. The number of esters is 1. The molecule has 0 bridgehead atoms. The largest absolute Gasteiger partial charge is 0.496 e. The van der Waals surface area contributed by atoms with E-state index in [4.69, 9.17) is 25.8 Å². The first kappa shape index (κ1) is 22.7. The lowest BCUT2D eigenvalue weighted by molar-refractivity contribution is 0.0602. The number of nitrogens with one attached hydrogen (secondary N) is 1. The van der Waals surface area contributed by atoms with Crippen molar-refractivity contribution in [3.05, 3.63) is 71.0 Å². The van der Waals surface area contributed by atoms with Gasteiger partial charge >= 0.3 is 5.97 Å². The number of rotatable bonds is 6. The molecule has 8 nitrogen and oxygen atoms in total. The number of anilines is 2. The van der Waals surface area contributed by atoms with Crippen molar-refractivity contribution in [3.63, 3.8) is 0 Å². The van der Waals surface area contributed by atoms with E-state index < -0.39 is 11.9 Å². The highest BCUT2D eigenvalue weighted by Gasteiger charge is 2.21. The number of carbonyl (C=O) groups excluding carboxylic acids is 2. The third kappa shape index (κ3) is 4.81. The Labute approximate surface area is 196 Å². The minimum Gasteiger partial charge on any atom is -0.496 e. The Morgan fingerprint density at radius 1 is 1.03 bits per heavy atom. The van der Waals surface area contributed by atoms with Crippen molar-refractivity contribution >= 4 is 34.9 Å². The minimum absolute atomic E-state index is 0.242. The van der Waals surface area contributed by atoms with Gasteiger partial charge in [-0.3, -0.25) is 4.79 Å². The van der Waals surface area contributed by atoms with Crippen LogP contribution in [0.2, 0.25) is 5.02 Å². The van der Waals surface area contributed by atoms with Gasteiger partial charge in [0.25, 0.3) is 5.91 Å². The van der Waals surface area contributed by atoms with Crippen molar-refractivity contribution in [1.82, 2.24) is 4.57 Å². The van der Waals surface area contributed by atoms with Gasteiger partial charge in [-0.2, -0.15) is 0 Å². The number of hydrogen-bond acceptors (Lipinski definition) is 6. The topological polar surface area (TPSA) is 82.0 Å². The Hall–Kier alpha value is -3.49. The molecule has 0 radical (unpaired) electrons. The standard InChI is InChI=1S/C24H24ClN3O5/c1-31-22-15-21(28-7-3-4-8-28)19(25)14-18(22)23(29)26-20-6-5-16(13-17(20)24(30)32-2)27-9-11-33-12-10-27/h3-8,13-15H,9-12H2,1-2H3,(H,26,29). The highest BCUT2D eigenvalue weighted by molar-refractivity contribution is 6.33. The first-order valence-corrected chi connectivity index (χ1v) is 10.8. The van der Waals surface area contributed by atoms with E-state index in [0.717, 1.165) is 18.8 Å². The molecule has 1 saturated heterocycles. The molecular formula is C24H24ClN3O5. The molecule has 1 aliphatic rings. The lowest BCUT2D eigenvalue weighted by Gasteiger charge is -2.29. The van der Waals surface area contributed by atoms with Crippen LogP contribution >= 0.6 is 11.6 Å². The summed E-state index contributed by atoms with van der Waals surface area (Å²) < 4.78 is 17.6. The maximum absolute atomic E-state index is 13.2. The molecule has 3 aromatic rings. The Morgan fingerprint density at radius 2 is 1.76 bits per heavy atom. The molecule has 1 N–H and O–H groups in total. The van der Waals surface area contributed by atoms with Crippen LogP contribution in [-0.4, -0.2) is 57.0 Å². The summed E-state index contributed by atoms with van der Waals surface area (Å²) in [6.45, 7) is 2.67. The van der Waals surface area contributed by atoms with Gasteiger partial charge in [0.2, 0.25) is 0 Å². The minimum atomic E-state index is -0.548. The van der Waals surface area contributed by atoms with E-state index in [1.807, 2.05) is 35.2 Å². The zero-order valence-electron chi connectivity index (χ0n) is 18.3. The second-order valence-electron chi connectivity index (χ2n) is 7.37. The summed E-state index contributed by atoms with van der Waals surface area (Å²) in [5, 5.41) is 3.18. The zero-order chi connectivity index (χ0) is 23.4. The second-order valence-corrected chi connectivity index (χ2v) is 7.78. The van der Waals surface area contributed by atoms with Gasteiger partial charge in [-0.05, 0) is 36.4 Å². The van der Waals surface area contributed by atoms with E-state index in [1.54, 1.807) is 24.3 Å². The van der Waals surface area contributed by atoms with Gasteiger partial charge in [0.05, 0.1) is 55.0 Å². The smallest absolute Gasteiger partial charge is 0.340 e. The maximum atomic E-state index is 13.2. The van der Waals surface area contributed by atoms with Crippen LogP contribution in [0, 0.1) is 0 Å². The van der Waals surface area contributed by atoms with Gasteiger partial charge in [0.1, 0.15) is 5.75 Å². The molecule has 2 heterocycles. The summed E-state index contributed by atoms with van der Waals surface area (Å²) in [6, 6.07) is 12.2. The molecule has 0 unspecified atom stereocenters. The number of halogens is 1. The SMILES string of the molecule is COC(=O)c1cc(N2CCOCC2)ccc1NC(=O)c1cc(Cl)c(-n2cccc2)cc1OC. The van der Waals surface area contributed by atoms with Crippen LogP contribution in [0.1, 0.15) is 20.7 Å². The number of hydrogen-bond donors (Lipinski definition) is 1. The lowest BCUT2D eigenvalue weighted by atomic mass is 10.1. The van der Waals surface area contributed by atoms with Crippen LogP contribution < -0.4 is 15.0 Å². The van der Waals surface area contributed by atoms with E-state index in [9.17, 15) is 9.59 Å². The van der Waals surface area contributed by atoms with Crippen LogP contribution in [0.25, 0.3) is 5.69 Å². The van der Waals surface area contributed by atoms with Crippen molar-refractivity contribution in [2.75, 3.05) is 50.7 Å². The monoisotopic (exact) mass is 469 g/mol. The molecule has 0 saturated carbocycles. The van der Waals surface area contributed by atoms with E-state index in [2.05, 4.69) is 10.2 Å². The lowest BCUT2D eigenvalue weighted by Crippen LogP contribution is -2.36. The number of nitrogens with zero attached hydrogens (tertiary/aromatic N) is 2. The normalized spacial score (nSPS) is 13.5. The average Bonchev–Trinajstić information content (AvgIpc) is 3.39. The van der Waals surface area contributed by atoms with Gasteiger partial charge in [0, 0.05) is 37.2 Å². The summed E-state index contributed by atoms with van der Waals surface area (Å²) in [5.74, 6) is -0.657. The van der Waals surface area contributed by atoms with Crippen LogP contribution in [0.5, 0.6) is 5.75 Å². The number of ether oxygens (including phenoxy) is 3. The van der Waals surface area contributed by atoms with Gasteiger partial charge < -0.3 is 29.0 Å². The highest BCUT2D eigenvalue weighted by Crippen LogP contribution is 2.31. The first-order chi connectivity index (χ1) is 16.0. The fourth-order valence-corrected chi connectivity index (χ4v) is 3.97. The molecule has 0 atom stereocenters.